The van der Waals surface area contributed by atoms with Crippen molar-refractivity contribution in [3.05, 3.63) is 65.9 Å². The molecule has 0 spiro atoms. The van der Waals surface area contributed by atoms with Gasteiger partial charge in [0, 0.05) is 43.5 Å². The second-order valence-corrected chi connectivity index (χ2v) is 7.30. The van der Waals surface area contributed by atoms with Crippen LogP contribution in [0.25, 0.3) is 10.8 Å². The van der Waals surface area contributed by atoms with E-state index in [1.54, 1.807) is 7.11 Å². The summed E-state index contributed by atoms with van der Waals surface area (Å²) in [5, 5.41) is 16.0. The van der Waals surface area contributed by atoms with Crippen LogP contribution in [0.4, 0.5) is 5.82 Å². The number of aliphatic hydroxyl groups excluding tert-OH is 1. The lowest BCUT2D eigenvalue weighted by Crippen LogP contribution is -2.39. The molecular formula is C23H27N3O2. The second-order valence-electron chi connectivity index (χ2n) is 7.30. The molecule has 4 rings (SSSR count). The normalized spacial score (nSPS) is 17.1. The van der Waals surface area contributed by atoms with Crippen molar-refractivity contribution in [1.82, 2.24) is 10.3 Å². The molecule has 1 saturated heterocycles. The molecule has 1 aromatic heterocycles. The van der Waals surface area contributed by atoms with Gasteiger partial charge in [0.15, 0.2) is 0 Å². The average molecular weight is 377 g/mol. The maximum absolute atomic E-state index is 10.0. The lowest BCUT2D eigenvalue weighted by Gasteiger charge is -2.32. The number of benzene rings is 2. The van der Waals surface area contributed by atoms with Crippen LogP contribution in [0.15, 0.2) is 54.7 Å². The van der Waals surface area contributed by atoms with Gasteiger partial charge in [0.2, 0.25) is 0 Å². The summed E-state index contributed by atoms with van der Waals surface area (Å²) in [6.45, 7) is 3.02. The lowest BCUT2D eigenvalue weighted by molar-refractivity contribution is 0.154. The number of anilines is 1. The molecule has 5 heteroatoms. The third-order valence-corrected chi connectivity index (χ3v) is 5.40. The fourth-order valence-corrected chi connectivity index (χ4v) is 4.01. The highest BCUT2D eigenvalue weighted by Crippen LogP contribution is 2.28. The number of β-amino-alcohol motifs (C(OH)–C–C–N with tert-alkyl or cyclic N) is 1. The molecule has 2 N–H and O–H groups in total. The van der Waals surface area contributed by atoms with E-state index in [0.29, 0.717) is 19.6 Å². The summed E-state index contributed by atoms with van der Waals surface area (Å²) < 4.78 is 5.60. The predicted octanol–water partition coefficient (Wildman–Crippen LogP) is 3.49. The number of nitrogens with one attached hydrogen (secondary N) is 1. The van der Waals surface area contributed by atoms with Crippen LogP contribution in [-0.2, 0) is 13.1 Å². The first-order valence-electron chi connectivity index (χ1n) is 9.88. The van der Waals surface area contributed by atoms with Gasteiger partial charge in [-0.3, -0.25) is 0 Å². The van der Waals surface area contributed by atoms with E-state index in [-0.39, 0.29) is 6.10 Å². The maximum atomic E-state index is 10.0. The molecule has 1 unspecified atom stereocenters. The van der Waals surface area contributed by atoms with E-state index >= 15 is 0 Å². The van der Waals surface area contributed by atoms with Crippen molar-refractivity contribution in [2.75, 3.05) is 25.1 Å². The van der Waals surface area contributed by atoms with Gasteiger partial charge in [0.05, 0.1) is 13.2 Å². The first kappa shape index (κ1) is 18.7. The molecule has 1 aliphatic rings. The zero-order valence-corrected chi connectivity index (χ0v) is 16.3. The summed E-state index contributed by atoms with van der Waals surface area (Å²) >= 11 is 0. The Morgan fingerprint density at radius 3 is 2.89 bits per heavy atom. The van der Waals surface area contributed by atoms with E-state index < -0.39 is 0 Å². The zero-order chi connectivity index (χ0) is 19.3. The van der Waals surface area contributed by atoms with Gasteiger partial charge in [0.1, 0.15) is 11.6 Å². The number of ether oxygens (including phenoxy) is 1. The second kappa shape index (κ2) is 8.59. The van der Waals surface area contributed by atoms with Crippen molar-refractivity contribution < 1.29 is 9.84 Å². The van der Waals surface area contributed by atoms with Crippen molar-refractivity contribution in [2.45, 2.75) is 32.0 Å². The molecule has 1 atom stereocenters. The van der Waals surface area contributed by atoms with Crippen molar-refractivity contribution in [1.29, 1.82) is 0 Å². The number of piperidine rings is 1. The van der Waals surface area contributed by atoms with E-state index in [1.807, 2.05) is 18.3 Å². The van der Waals surface area contributed by atoms with Crippen LogP contribution >= 0.6 is 0 Å². The van der Waals surface area contributed by atoms with Gasteiger partial charge in [-0.1, -0.05) is 36.4 Å². The van der Waals surface area contributed by atoms with Gasteiger partial charge in [-0.05, 0) is 35.7 Å². The number of aromatic nitrogens is 1. The highest BCUT2D eigenvalue weighted by atomic mass is 16.5. The molecule has 2 heterocycles. The van der Waals surface area contributed by atoms with Crippen LogP contribution in [0.1, 0.15) is 24.0 Å². The standard InChI is InChI=1S/C23H27N3O2/c1-28-22-11-10-17-6-2-3-9-20(17)21(22)15-24-14-18-7-4-12-25-23(18)26-13-5-8-19(27)16-26/h2-4,6-7,9-12,19,24,27H,5,8,13-16H2,1H3. The van der Waals surface area contributed by atoms with Crippen LogP contribution in [0, 0.1) is 0 Å². The third kappa shape index (κ3) is 3.96. The molecular weight excluding hydrogens is 350 g/mol. The monoisotopic (exact) mass is 377 g/mol. The molecule has 146 valence electrons. The number of fused-ring (bicyclic) bond motifs is 1. The molecule has 1 aliphatic heterocycles. The van der Waals surface area contributed by atoms with Crippen LogP contribution in [0.2, 0.25) is 0 Å². The molecule has 0 amide bonds. The Morgan fingerprint density at radius 1 is 1.14 bits per heavy atom. The van der Waals surface area contributed by atoms with E-state index in [2.05, 4.69) is 51.6 Å². The molecule has 0 bridgehead atoms. The van der Waals surface area contributed by atoms with E-state index in [4.69, 9.17) is 4.74 Å². The highest BCUT2D eigenvalue weighted by Gasteiger charge is 2.20. The minimum Gasteiger partial charge on any atom is -0.496 e. The molecule has 0 radical (unpaired) electrons. The zero-order valence-electron chi connectivity index (χ0n) is 16.3. The topological polar surface area (TPSA) is 57.6 Å². The van der Waals surface area contributed by atoms with Crippen molar-refractivity contribution in [2.24, 2.45) is 0 Å². The molecule has 1 fully saturated rings. The van der Waals surface area contributed by atoms with Gasteiger partial charge in [-0.25, -0.2) is 4.98 Å². The lowest BCUT2D eigenvalue weighted by atomic mass is 10.0. The van der Waals surface area contributed by atoms with E-state index in [0.717, 1.165) is 36.5 Å². The number of aliphatic hydroxyl groups is 1. The fourth-order valence-electron chi connectivity index (χ4n) is 4.01. The largest absolute Gasteiger partial charge is 0.496 e. The summed E-state index contributed by atoms with van der Waals surface area (Å²) in [4.78, 5) is 6.79. The van der Waals surface area contributed by atoms with E-state index in [1.165, 1.54) is 16.3 Å². The van der Waals surface area contributed by atoms with Gasteiger partial charge >= 0.3 is 0 Å². The van der Waals surface area contributed by atoms with Crippen LogP contribution < -0.4 is 15.0 Å². The predicted molar refractivity (Wildman–Crippen MR) is 113 cm³/mol. The van der Waals surface area contributed by atoms with E-state index in [9.17, 15) is 5.11 Å². The average Bonchev–Trinajstić information content (AvgIpc) is 2.74. The summed E-state index contributed by atoms with van der Waals surface area (Å²) in [5.74, 6) is 1.87. The van der Waals surface area contributed by atoms with Gasteiger partial charge in [-0.15, -0.1) is 0 Å². The molecule has 2 aromatic carbocycles. The van der Waals surface area contributed by atoms with Crippen LogP contribution in [-0.4, -0.2) is 36.4 Å². The number of pyridine rings is 1. The number of nitrogens with zero attached hydrogens (tertiary/aromatic N) is 2. The van der Waals surface area contributed by atoms with Crippen LogP contribution in [0.3, 0.4) is 0 Å². The van der Waals surface area contributed by atoms with Gasteiger partial charge in [-0.2, -0.15) is 0 Å². The SMILES string of the molecule is COc1ccc2ccccc2c1CNCc1cccnc1N1CCCC(O)C1. The quantitative estimate of drug-likeness (QED) is 0.689. The Kier molecular flexibility index (Phi) is 5.74. The Labute approximate surface area is 166 Å². The number of methoxy groups -OCH3 is 1. The number of hydrogen-bond donors (Lipinski definition) is 2. The molecule has 3 aromatic rings. The fraction of sp³-hybridized carbons (Fsp3) is 0.348. The summed E-state index contributed by atoms with van der Waals surface area (Å²) in [6.07, 6.45) is 3.43. The Hall–Kier alpha value is -2.63. The first-order valence-corrected chi connectivity index (χ1v) is 9.88. The number of hydrogen-bond acceptors (Lipinski definition) is 5. The van der Waals surface area contributed by atoms with Gasteiger partial charge in [0.25, 0.3) is 0 Å². The highest BCUT2D eigenvalue weighted by molar-refractivity contribution is 5.87. The van der Waals surface area contributed by atoms with Crippen molar-refractivity contribution >= 4 is 16.6 Å². The third-order valence-electron chi connectivity index (χ3n) is 5.40. The summed E-state index contributed by atoms with van der Waals surface area (Å²) in [5.41, 5.74) is 2.32. The van der Waals surface area contributed by atoms with Crippen LogP contribution in [0.5, 0.6) is 5.75 Å². The summed E-state index contributed by atoms with van der Waals surface area (Å²) in [6, 6.07) is 16.6. The first-order chi connectivity index (χ1) is 13.8. The molecule has 0 aliphatic carbocycles. The maximum Gasteiger partial charge on any atom is 0.133 e. The molecule has 0 saturated carbocycles. The number of rotatable bonds is 6. The Morgan fingerprint density at radius 2 is 2.04 bits per heavy atom. The Balaban J connectivity index is 1.51. The molecule has 28 heavy (non-hydrogen) atoms. The molecule has 5 nitrogen and oxygen atoms in total. The van der Waals surface area contributed by atoms with Crippen molar-refractivity contribution in [3.63, 3.8) is 0 Å². The van der Waals surface area contributed by atoms with Crippen molar-refractivity contribution in [3.8, 4) is 5.75 Å². The van der Waals surface area contributed by atoms with Gasteiger partial charge < -0.3 is 20.1 Å². The summed E-state index contributed by atoms with van der Waals surface area (Å²) in [7, 11) is 1.72. The Bertz CT molecular complexity index is 944. The minimum absolute atomic E-state index is 0.267. The smallest absolute Gasteiger partial charge is 0.133 e. The minimum atomic E-state index is -0.267.